The summed E-state index contributed by atoms with van der Waals surface area (Å²) in [6.45, 7) is 0. The Morgan fingerprint density at radius 1 is 1.39 bits per heavy atom. The van der Waals surface area contributed by atoms with E-state index < -0.39 is 0 Å². The lowest BCUT2D eigenvalue weighted by atomic mass is 10.3. The average molecular weight is 375 g/mol. The Bertz CT molecular complexity index is 570. The third kappa shape index (κ3) is 2.73. The van der Waals surface area contributed by atoms with Gasteiger partial charge < -0.3 is 10.1 Å². The van der Waals surface area contributed by atoms with Crippen molar-refractivity contribution in [3.63, 3.8) is 0 Å². The van der Waals surface area contributed by atoms with Gasteiger partial charge in [0.25, 0.3) is 0 Å². The SMILES string of the molecule is COc1cc(NC(=O)n2ccnc2)c(Br)cc1Br. The van der Waals surface area contributed by atoms with Crippen LogP contribution in [-0.2, 0) is 0 Å². The molecule has 0 aliphatic carbocycles. The summed E-state index contributed by atoms with van der Waals surface area (Å²) in [4.78, 5) is 15.7. The molecule has 0 radical (unpaired) electrons. The molecule has 0 saturated heterocycles. The molecule has 0 unspecified atom stereocenters. The smallest absolute Gasteiger partial charge is 0.331 e. The fourth-order valence-corrected chi connectivity index (χ4v) is 2.60. The Kier molecular flexibility index (Phi) is 4.03. The quantitative estimate of drug-likeness (QED) is 0.875. The van der Waals surface area contributed by atoms with Crippen molar-refractivity contribution in [1.82, 2.24) is 9.55 Å². The zero-order valence-electron chi connectivity index (χ0n) is 9.35. The Morgan fingerprint density at radius 3 is 2.78 bits per heavy atom. The third-order valence-corrected chi connectivity index (χ3v) is 3.50. The number of imidazole rings is 1. The molecule has 0 atom stereocenters. The highest BCUT2D eigenvalue weighted by molar-refractivity contribution is 9.11. The molecule has 2 rings (SSSR count). The molecule has 2 aromatic rings. The Morgan fingerprint density at radius 2 is 2.17 bits per heavy atom. The molecular weight excluding hydrogens is 366 g/mol. The van der Waals surface area contributed by atoms with Gasteiger partial charge in [-0.25, -0.2) is 9.78 Å². The highest BCUT2D eigenvalue weighted by atomic mass is 79.9. The molecule has 0 aliphatic rings. The van der Waals surface area contributed by atoms with Crippen molar-refractivity contribution in [2.24, 2.45) is 0 Å². The van der Waals surface area contributed by atoms with E-state index in [1.54, 1.807) is 19.4 Å². The number of rotatable bonds is 2. The van der Waals surface area contributed by atoms with Crippen LogP contribution in [0.25, 0.3) is 0 Å². The minimum absolute atomic E-state index is 0.294. The van der Waals surface area contributed by atoms with Crippen molar-refractivity contribution >= 4 is 43.6 Å². The second-order valence-corrected chi connectivity index (χ2v) is 5.08. The van der Waals surface area contributed by atoms with E-state index in [4.69, 9.17) is 4.74 Å². The summed E-state index contributed by atoms with van der Waals surface area (Å²) in [7, 11) is 1.56. The van der Waals surface area contributed by atoms with Gasteiger partial charge in [-0.15, -0.1) is 0 Å². The molecular formula is C11H9Br2N3O2. The normalized spacial score (nSPS) is 10.2. The van der Waals surface area contributed by atoms with Gasteiger partial charge in [-0.1, -0.05) is 0 Å². The van der Waals surface area contributed by atoms with Gasteiger partial charge in [0, 0.05) is 22.9 Å². The van der Waals surface area contributed by atoms with Gasteiger partial charge in [-0.2, -0.15) is 0 Å². The lowest BCUT2D eigenvalue weighted by molar-refractivity contribution is 0.253. The molecule has 1 heterocycles. The molecule has 0 spiro atoms. The third-order valence-electron chi connectivity index (χ3n) is 2.22. The number of carbonyl (C=O) groups is 1. The molecule has 18 heavy (non-hydrogen) atoms. The zero-order chi connectivity index (χ0) is 13.1. The summed E-state index contributed by atoms with van der Waals surface area (Å²) in [5.41, 5.74) is 0.619. The van der Waals surface area contributed by atoms with Crippen LogP contribution in [0, 0.1) is 0 Å². The number of anilines is 1. The predicted molar refractivity (Wildman–Crippen MR) is 75.0 cm³/mol. The van der Waals surface area contributed by atoms with Crippen LogP contribution in [0.1, 0.15) is 0 Å². The molecule has 5 nitrogen and oxygen atoms in total. The van der Waals surface area contributed by atoms with E-state index in [2.05, 4.69) is 42.2 Å². The number of aromatic nitrogens is 2. The molecule has 94 valence electrons. The van der Waals surface area contributed by atoms with Crippen LogP contribution >= 0.6 is 31.9 Å². The molecule has 1 N–H and O–H groups in total. The Balaban J connectivity index is 2.26. The maximum absolute atomic E-state index is 11.9. The number of nitrogens with zero attached hydrogens (tertiary/aromatic N) is 2. The van der Waals surface area contributed by atoms with Crippen LogP contribution < -0.4 is 10.1 Å². The van der Waals surface area contributed by atoms with Crippen molar-refractivity contribution in [3.05, 3.63) is 39.8 Å². The fourth-order valence-electron chi connectivity index (χ4n) is 1.34. The maximum Gasteiger partial charge on any atom is 0.331 e. The minimum atomic E-state index is -0.294. The van der Waals surface area contributed by atoms with Crippen molar-refractivity contribution in [2.75, 3.05) is 12.4 Å². The zero-order valence-corrected chi connectivity index (χ0v) is 12.5. The van der Waals surface area contributed by atoms with Gasteiger partial charge in [-0.3, -0.25) is 4.57 Å². The Hall–Kier alpha value is -1.34. The van der Waals surface area contributed by atoms with Crippen LogP contribution in [0.4, 0.5) is 10.5 Å². The number of amides is 1. The molecule has 0 fully saturated rings. The summed E-state index contributed by atoms with van der Waals surface area (Å²) in [5, 5.41) is 2.75. The number of nitrogens with one attached hydrogen (secondary N) is 1. The molecule has 0 aliphatic heterocycles. The number of hydrogen-bond donors (Lipinski definition) is 1. The van der Waals surface area contributed by atoms with Crippen LogP contribution in [0.2, 0.25) is 0 Å². The first kappa shape index (κ1) is 13.1. The number of halogens is 2. The van der Waals surface area contributed by atoms with Crippen molar-refractivity contribution < 1.29 is 9.53 Å². The maximum atomic E-state index is 11.9. The van der Waals surface area contributed by atoms with Crippen LogP contribution in [-0.4, -0.2) is 22.7 Å². The first-order valence-electron chi connectivity index (χ1n) is 4.94. The first-order valence-corrected chi connectivity index (χ1v) is 6.52. The van der Waals surface area contributed by atoms with E-state index in [0.717, 1.165) is 8.95 Å². The van der Waals surface area contributed by atoms with Gasteiger partial charge in [0.05, 0.1) is 17.3 Å². The summed E-state index contributed by atoms with van der Waals surface area (Å²) in [6.07, 6.45) is 4.54. The van der Waals surface area contributed by atoms with Gasteiger partial charge in [-0.05, 0) is 37.9 Å². The molecule has 1 aromatic heterocycles. The van der Waals surface area contributed by atoms with Gasteiger partial charge in [0.15, 0.2) is 0 Å². The number of ether oxygens (including phenoxy) is 1. The molecule has 1 aromatic carbocycles. The largest absolute Gasteiger partial charge is 0.495 e. The first-order chi connectivity index (χ1) is 8.61. The summed E-state index contributed by atoms with van der Waals surface area (Å²) < 4.78 is 8.08. The van der Waals surface area contributed by atoms with E-state index in [9.17, 15) is 4.79 Å². The number of benzene rings is 1. The Labute approximate surface area is 120 Å². The molecule has 0 saturated carbocycles. The van der Waals surface area contributed by atoms with Crippen molar-refractivity contribution in [2.45, 2.75) is 0 Å². The topological polar surface area (TPSA) is 56.1 Å². The summed E-state index contributed by atoms with van der Waals surface area (Å²) in [6, 6.07) is 3.24. The van der Waals surface area contributed by atoms with Gasteiger partial charge >= 0.3 is 6.03 Å². The van der Waals surface area contributed by atoms with Gasteiger partial charge in [0.1, 0.15) is 12.1 Å². The monoisotopic (exact) mass is 373 g/mol. The lowest BCUT2D eigenvalue weighted by Gasteiger charge is -2.11. The van der Waals surface area contributed by atoms with Crippen molar-refractivity contribution in [3.8, 4) is 5.75 Å². The van der Waals surface area contributed by atoms with Crippen molar-refractivity contribution in [1.29, 1.82) is 0 Å². The van der Waals surface area contributed by atoms with Crippen LogP contribution in [0.5, 0.6) is 5.75 Å². The van der Waals surface area contributed by atoms with E-state index in [0.29, 0.717) is 11.4 Å². The molecule has 1 amide bonds. The summed E-state index contributed by atoms with van der Waals surface area (Å²) in [5.74, 6) is 0.638. The minimum Gasteiger partial charge on any atom is -0.495 e. The highest BCUT2D eigenvalue weighted by Crippen LogP contribution is 2.34. The number of carbonyl (C=O) groups excluding carboxylic acids is 1. The highest BCUT2D eigenvalue weighted by Gasteiger charge is 2.10. The molecule has 7 heteroatoms. The van der Waals surface area contributed by atoms with E-state index in [1.165, 1.54) is 17.1 Å². The van der Waals surface area contributed by atoms with E-state index >= 15 is 0 Å². The van der Waals surface area contributed by atoms with E-state index in [-0.39, 0.29) is 6.03 Å². The average Bonchev–Trinajstić information content (AvgIpc) is 2.86. The lowest BCUT2D eigenvalue weighted by Crippen LogP contribution is -2.18. The van der Waals surface area contributed by atoms with E-state index in [1.807, 2.05) is 6.07 Å². The second kappa shape index (κ2) is 5.53. The predicted octanol–water partition coefficient (Wildman–Crippen LogP) is 3.50. The fraction of sp³-hybridized carbons (Fsp3) is 0.0909. The molecule has 0 bridgehead atoms. The number of hydrogen-bond acceptors (Lipinski definition) is 3. The number of methoxy groups -OCH3 is 1. The standard InChI is InChI=1S/C11H9Br2N3O2/c1-18-10-5-9(7(12)4-8(10)13)15-11(17)16-3-2-14-6-16/h2-6H,1H3,(H,15,17). The van der Waals surface area contributed by atoms with Crippen LogP contribution in [0.15, 0.2) is 39.8 Å². The van der Waals surface area contributed by atoms with Gasteiger partial charge in [0.2, 0.25) is 0 Å². The second-order valence-electron chi connectivity index (χ2n) is 3.37. The van der Waals surface area contributed by atoms with Crippen LogP contribution in [0.3, 0.4) is 0 Å². The summed E-state index contributed by atoms with van der Waals surface area (Å²) >= 11 is 6.74.